The summed E-state index contributed by atoms with van der Waals surface area (Å²) in [4.78, 5) is 0. The highest BCUT2D eigenvalue weighted by Gasteiger charge is 2.44. The lowest BCUT2D eigenvalue weighted by Crippen LogP contribution is -2.17. The number of rotatable bonds is 1. The number of hydrogen-bond donors (Lipinski definition) is 1. The van der Waals surface area contributed by atoms with Crippen LogP contribution in [0.5, 0.6) is 0 Å². The quantitative estimate of drug-likeness (QED) is 0.585. The van der Waals surface area contributed by atoms with Crippen molar-refractivity contribution in [1.82, 2.24) is 0 Å². The average Bonchev–Trinajstić information content (AvgIpc) is 2.42. The monoisotopic (exact) mass is 141 g/mol. The first-order valence-electron chi connectivity index (χ1n) is 4.16. The summed E-state index contributed by atoms with van der Waals surface area (Å²) in [5, 5.41) is 0. The van der Waals surface area contributed by atoms with E-state index in [-0.39, 0.29) is 0 Å². The first-order valence-corrected chi connectivity index (χ1v) is 4.16. The highest BCUT2D eigenvalue weighted by molar-refractivity contribution is 4.97. The van der Waals surface area contributed by atoms with Gasteiger partial charge in [-0.15, -0.1) is 0 Å². The van der Waals surface area contributed by atoms with Crippen molar-refractivity contribution in [2.45, 2.75) is 31.9 Å². The van der Waals surface area contributed by atoms with E-state index in [1.54, 1.807) is 0 Å². The van der Waals surface area contributed by atoms with Crippen LogP contribution in [0, 0.1) is 11.8 Å². The molecule has 2 nitrogen and oxygen atoms in total. The smallest absolute Gasteiger partial charge is 0.0579 e. The molecule has 2 aliphatic rings. The molecule has 2 fully saturated rings. The Labute approximate surface area is 61.7 Å². The fourth-order valence-electron chi connectivity index (χ4n) is 2.04. The van der Waals surface area contributed by atoms with Gasteiger partial charge in [-0.1, -0.05) is 0 Å². The first kappa shape index (κ1) is 6.62. The Bertz CT molecular complexity index is 137. The van der Waals surface area contributed by atoms with E-state index in [1.165, 1.54) is 12.8 Å². The third-order valence-electron chi connectivity index (χ3n) is 2.88. The van der Waals surface area contributed by atoms with Crippen LogP contribution in [0.1, 0.15) is 19.8 Å². The molecule has 2 N–H and O–H groups in total. The van der Waals surface area contributed by atoms with Gasteiger partial charge in [0.1, 0.15) is 0 Å². The molecule has 58 valence electrons. The van der Waals surface area contributed by atoms with Crippen LogP contribution in [0.15, 0.2) is 0 Å². The Morgan fingerprint density at radius 1 is 1.40 bits per heavy atom. The molecule has 0 radical (unpaired) electrons. The molecule has 0 amide bonds. The van der Waals surface area contributed by atoms with Crippen LogP contribution in [0.4, 0.5) is 0 Å². The SMILES string of the molecule is CC1OCCC1C1CC1N. The van der Waals surface area contributed by atoms with Crippen LogP contribution >= 0.6 is 0 Å². The van der Waals surface area contributed by atoms with Gasteiger partial charge in [-0.25, -0.2) is 0 Å². The summed E-state index contributed by atoms with van der Waals surface area (Å²) in [6.07, 6.45) is 2.94. The summed E-state index contributed by atoms with van der Waals surface area (Å²) in [6, 6.07) is 0.495. The van der Waals surface area contributed by atoms with Crippen molar-refractivity contribution in [3.63, 3.8) is 0 Å². The maximum Gasteiger partial charge on any atom is 0.0579 e. The summed E-state index contributed by atoms with van der Waals surface area (Å²) in [5.74, 6) is 1.56. The van der Waals surface area contributed by atoms with E-state index in [0.717, 1.165) is 18.4 Å². The predicted octanol–water partition coefficient (Wildman–Crippen LogP) is 0.759. The fraction of sp³-hybridized carbons (Fsp3) is 1.00. The van der Waals surface area contributed by atoms with Crippen LogP contribution < -0.4 is 5.73 Å². The van der Waals surface area contributed by atoms with E-state index in [0.29, 0.717) is 12.1 Å². The van der Waals surface area contributed by atoms with Gasteiger partial charge in [0.15, 0.2) is 0 Å². The first-order chi connectivity index (χ1) is 4.79. The highest BCUT2D eigenvalue weighted by Crippen LogP contribution is 2.42. The molecule has 2 rings (SSSR count). The Morgan fingerprint density at radius 3 is 2.50 bits per heavy atom. The summed E-state index contributed by atoms with van der Waals surface area (Å²) < 4.78 is 5.46. The van der Waals surface area contributed by atoms with E-state index >= 15 is 0 Å². The summed E-state index contributed by atoms with van der Waals surface area (Å²) >= 11 is 0. The molecule has 0 bridgehead atoms. The molecule has 1 aliphatic heterocycles. The van der Waals surface area contributed by atoms with Gasteiger partial charge in [-0.2, -0.15) is 0 Å². The van der Waals surface area contributed by atoms with Crippen LogP contribution in [-0.4, -0.2) is 18.8 Å². The van der Waals surface area contributed by atoms with E-state index in [9.17, 15) is 0 Å². The van der Waals surface area contributed by atoms with E-state index in [1.807, 2.05) is 0 Å². The lowest BCUT2D eigenvalue weighted by molar-refractivity contribution is 0.100. The topological polar surface area (TPSA) is 35.2 Å². The van der Waals surface area contributed by atoms with Crippen LogP contribution in [-0.2, 0) is 4.74 Å². The van der Waals surface area contributed by atoms with E-state index in [4.69, 9.17) is 10.5 Å². The van der Waals surface area contributed by atoms with Crippen molar-refractivity contribution < 1.29 is 4.74 Å². The minimum Gasteiger partial charge on any atom is -0.378 e. The Balaban J connectivity index is 1.92. The van der Waals surface area contributed by atoms with Crippen LogP contribution in [0.3, 0.4) is 0 Å². The minimum absolute atomic E-state index is 0.471. The molecule has 0 aromatic heterocycles. The number of hydrogen-bond acceptors (Lipinski definition) is 2. The normalized spacial score (nSPS) is 53.4. The highest BCUT2D eigenvalue weighted by atomic mass is 16.5. The third-order valence-corrected chi connectivity index (χ3v) is 2.88. The van der Waals surface area contributed by atoms with Crippen molar-refractivity contribution in [2.75, 3.05) is 6.61 Å². The molecule has 0 aromatic rings. The molecule has 1 heterocycles. The molecule has 0 aromatic carbocycles. The molecule has 4 unspecified atom stereocenters. The average molecular weight is 141 g/mol. The second-order valence-corrected chi connectivity index (χ2v) is 3.59. The van der Waals surface area contributed by atoms with Crippen molar-refractivity contribution >= 4 is 0 Å². The van der Waals surface area contributed by atoms with Crippen molar-refractivity contribution in [3.05, 3.63) is 0 Å². The number of ether oxygens (including phenoxy) is 1. The molecule has 1 aliphatic carbocycles. The Kier molecular flexibility index (Phi) is 1.46. The maximum absolute atomic E-state index is 5.75. The van der Waals surface area contributed by atoms with E-state index in [2.05, 4.69) is 6.92 Å². The molecule has 1 saturated carbocycles. The lowest BCUT2D eigenvalue weighted by atomic mass is 9.97. The standard InChI is InChI=1S/C8H15NO/c1-5-6(2-3-10-5)7-4-8(7)9/h5-8H,2-4,9H2,1H3. The molecule has 2 heteroatoms. The molecule has 4 atom stereocenters. The van der Waals surface area contributed by atoms with Crippen LogP contribution in [0.2, 0.25) is 0 Å². The molecule has 0 spiro atoms. The van der Waals surface area contributed by atoms with Crippen molar-refractivity contribution in [2.24, 2.45) is 17.6 Å². The van der Waals surface area contributed by atoms with Gasteiger partial charge < -0.3 is 10.5 Å². The van der Waals surface area contributed by atoms with Gasteiger partial charge in [-0.05, 0) is 31.6 Å². The molecular formula is C8H15NO. The van der Waals surface area contributed by atoms with Crippen LogP contribution in [0.25, 0.3) is 0 Å². The Morgan fingerprint density at radius 2 is 2.10 bits per heavy atom. The van der Waals surface area contributed by atoms with Crippen molar-refractivity contribution in [1.29, 1.82) is 0 Å². The summed E-state index contributed by atoms with van der Waals surface area (Å²) in [5.41, 5.74) is 5.75. The lowest BCUT2D eigenvalue weighted by Gasteiger charge is -2.11. The van der Waals surface area contributed by atoms with Crippen molar-refractivity contribution in [3.8, 4) is 0 Å². The summed E-state index contributed by atoms with van der Waals surface area (Å²) in [6.45, 7) is 3.12. The van der Waals surface area contributed by atoms with Gasteiger partial charge in [0, 0.05) is 12.6 Å². The van der Waals surface area contributed by atoms with Gasteiger partial charge in [0.2, 0.25) is 0 Å². The van der Waals surface area contributed by atoms with Gasteiger partial charge in [-0.3, -0.25) is 0 Å². The zero-order valence-corrected chi connectivity index (χ0v) is 6.42. The summed E-state index contributed by atoms with van der Waals surface area (Å²) in [7, 11) is 0. The molecular weight excluding hydrogens is 126 g/mol. The predicted molar refractivity (Wildman–Crippen MR) is 39.6 cm³/mol. The van der Waals surface area contributed by atoms with Gasteiger partial charge in [0.05, 0.1) is 6.10 Å². The third kappa shape index (κ3) is 0.956. The Hall–Kier alpha value is -0.0800. The largest absolute Gasteiger partial charge is 0.378 e. The van der Waals surface area contributed by atoms with Gasteiger partial charge in [0.25, 0.3) is 0 Å². The minimum atomic E-state index is 0.471. The number of nitrogens with two attached hydrogens (primary N) is 1. The molecule has 10 heavy (non-hydrogen) atoms. The second kappa shape index (κ2) is 2.21. The van der Waals surface area contributed by atoms with Gasteiger partial charge >= 0.3 is 0 Å². The van der Waals surface area contributed by atoms with E-state index < -0.39 is 0 Å². The zero-order valence-electron chi connectivity index (χ0n) is 6.42. The second-order valence-electron chi connectivity index (χ2n) is 3.59. The fourth-order valence-corrected chi connectivity index (χ4v) is 2.04. The molecule has 1 saturated heterocycles. The zero-order chi connectivity index (χ0) is 7.14. The maximum atomic E-state index is 5.75.